The number of esters is 1. The van der Waals surface area contributed by atoms with Crippen LogP contribution in [0.2, 0.25) is 0 Å². The maximum atomic E-state index is 12.6. The third-order valence-electron chi connectivity index (χ3n) is 4.13. The van der Waals surface area contributed by atoms with Gasteiger partial charge in [-0.25, -0.2) is 9.59 Å². The summed E-state index contributed by atoms with van der Waals surface area (Å²) >= 11 is 0. The van der Waals surface area contributed by atoms with Crippen LogP contribution in [0.1, 0.15) is 15.9 Å². The van der Waals surface area contributed by atoms with Crippen LogP contribution in [0.3, 0.4) is 0 Å². The number of aromatic nitrogens is 1. The number of anilines is 3. The number of fused-ring (bicyclic) bond motifs is 1. The molecule has 0 saturated heterocycles. The summed E-state index contributed by atoms with van der Waals surface area (Å²) in [5.41, 5.74) is 3.89. The van der Waals surface area contributed by atoms with Crippen LogP contribution in [0.4, 0.5) is 21.9 Å². The number of hydrogen-bond donors (Lipinski definition) is 1. The zero-order chi connectivity index (χ0) is 18.0. The predicted molar refractivity (Wildman–Crippen MR) is 96.4 cm³/mol. The maximum absolute atomic E-state index is 12.6. The summed E-state index contributed by atoms with van der Waals surface area (Å²) in [6.07, 6.45) is 3.71. The van der Waals surface area contributed by atoms with Crippen LogP contribution in [0.15, 0.2) is 36.7 Å². The van der Waals surface area contributed by atoms with Crippen molar-refractivity contribution in [1.82, 2.24) is 4.98 Å². The average Bonchev–Trinajstić information content (AvgIpc) is 3.04. The number of hydrogen-bond acceptors (Lipinski definition) is 5. The minimum Gasteiger partial charge on any atom is -0.465 e. The molecule has 1 aromatic carbocycles. The minimum atomic E-state index is -0.494. The lowest BCUT2D eigenvalue weighted by Gasteiger charge is -2.19. The number of methoxy groups -OCH3 is 1. The van der Waals surface area contributed by atoms with Gasteiger partial charge in [0.25, 0.3) is 0 Å². The number of urea groups is 1. The van der Waals surface area contributed by atoms with Crippen molar-refractivity contribution < 1.29 is 14.3 Å². The van der Waals surface area contributed by atoms with E-state index in [0.717, 1.165) is 23.4 Å². The fourth-order valence-corrected chi connectivity index (χ4v) is 2.81. The Kier molecular flexibility index (Phi) is 4.56. The van der Waals surface area contributed by atoms with Gasteiger partial charge in [-0.3, -0.25) is 9.88 Å². The largest absolute Gasteiger partial charge is 0.465 e. The van der Waals surface area contributed by atoms with Crippen molar-refractivity contribution in [1.29, 1.82) is 0 Å². The molecule has 7 heteroatoms. The molecule has 2 heterocycles. The Balaban J connectivity index is 1.77. The van der Waals surface area contributed by atoms with Gasteiger partial charge in [-0.2, -0.15) is 0 Å². The quantitative estimate of drug-likeness (QED) is 0.869. The van der Waals surface area contributed by atoms with E-state index < -0.39 is 5.97 Å². The molecule has 2 amide bonds. The Labute approximate surface area is 146 Å². The van der Waals surface area contributed by atoms with E-state index in [9.17, 15) is 9.59 Å². The van der Waals surface area contributed by atoms with E-state index in [1.54, 1.807) is 11.0 Å². The molecule has 7 nitrogen and oxygen atoms in total. The van der Waals surface area contributed by atoms with E-state index in [2.05, 4.69) is 21.1 Å². The second-order valence-electron chi connectivity index (χ2n) is 5.99. The standard InChI is InChI=1S/C18H20N4O3/c1-21(2)15-4-5-16-12(9-15)6-7-22(16)18(24)20-14-8-13(10-19-11-14)17(23)25-3/h4-5,8-11H,6-7H2,1-3H3,(H,20,24). The highest BCUT2D eigenvalue weighted by Crippen LogP contribution is 2.31. The number of nitrogens with one attached hydrogen (secondary N) is 1. The van der Waals surface area contributed by atoms with Gasteiger partial charge in [0.15, 0.2) is 0 Å². The lowest BCUT2D eigenvalue weighted by atomic mass is 10.1. The molecular formula is C18H20N4O3. The van der Waals surface area contributed by atoms with Gasteiger partial charge in [-0.05, 0) is 36.2 Å². The molecule has 3 rings (SSSR count). The second kappa shape index (κ2) is 6.80. The SMILES string of the molecule is COC(=O)c1cncc(NC(=O)N2CCc3cc(N(C)C)ccc32)c1. The molecule has 0 fully saturated rings. The van der Waals surface area contributed by atoms with Crippen molar-refractivity contribution in [3.8, 4) is 0 Å². The summed E-state index contributed by atoms with van der Waals surface area (Å²) in [5, 5.41) is 2.79. The first kappa shape index (κ1) is 16.8. The molecule has 130 valence electrons. The number of amides is 2. The van der Waals surface area contributed by atoms with Crippen LogP contribution in [-0.2, 0) is 11.2 Å². The Morgan fingerprint density at radius 2 is 2.04 bits per heavy atom. The molecule has 0 radical (unpaired) electrons. The van der Waals surface area contributed by atoms with Gasteiger partial charge in [-0.1, -0.05) is 0 Å². The Morgan fingerprint density at radius 3 is 2.76 bits per heavy atom. The Morgan fingerprint density at radius 1 is 1.24 bits per heavy atom. The smallest absolute Gasteiger partial charge is 0.339 e. The molecule has 1 aliphatic heterocycles. The second-order valence-corrected chi connectivity index (χ2v) is 5.99. The first-order valence-corrected chi connectivity index (χ1v) is 7.91. The Hall–Kier alpha value is -3.09. The van der Waals surface area contributed by atoms with Crippen molar-refractivity contribution in [3.05, 3.63) is 47.8 Å². The summed E-state index contributed by atoms with van der Waals surface area (Å²) in [5.74, 6) is -0.494. The van der Waals surface area contributed by atoms with E-state index in [-0.39, 0.29) is 11.6 Å². The van der Waals surface area contributed by atoms with Gasteiger partial charge >= 0.3 is 12.0 Å². The van der Waals surface area contributed by atoms with Crippen LogP contribution in [0, 0.1) is 0 Å². The van der Waals surface area contributed by atoms with Gasteiger partial charge in [0.05, 0.1) is 24.6 Å². The van der Waals surface area contributed by atoms with Crippen molar-refractivity contribution >= 4 is 29.1 Å². The zero-order valence-corrected chi connectivity index (χ0v) is 14.4. The number of carbonyl (C=O) groups excluding carboxylic acids is 2. The number of ether oxygens (including phenoxy) is 1. The van der Waals surface area contributed by atoms with Gasteiger partial charge in [0.2, 0.25) is 0 Å². The molecule has 0 spiro atoms. The van der Waals surface area contributed by atoms with Crippen LogP contribution < -0.4 is 15.1 Å². The molecule has 1 aliphatic rings. The summed E-state index contributed by atoms with van der Waals surface area (Å²) in [6.45, 7) is 0.613. The van der Waals surface area contributed by atoms with E-state index in [0.29, 0.717) is 12.2 Å². The van der Waals surface area contributed by atoms with Gasteiger partial charge < -0.3 is 15.0 Å². The van der Waals surface area contributed by atoms with Crippen molar-refractivity contribution in [3.63, 3.8) is 0 Å². The number of pyridine rings is 1. The van der Waals surface area contributed by atoms with E-state index in [4.69, 9.17) is 0 Å². The minimum absolute atomic E-state index is 0.250. The monoisotopic (exact) mass is 340 g/mol. The number of carbonyl (C=O) groups is 2. The first-order chi connectivity index (χ1) is 12.0. The molecule has 0 saturated carbocycles. The van der Waals surface area contributed by atoms with Crippen LogP contribution in [0.5, 0.6) is 0 Å². The van der Waals surface area contributed by atoms with Crippen molar-refractivity contribution in [2.24, 2.45) is 0 Å². The Bertz CT molecular complexity index is 820. The molecule has 25 heavy (non-hydrogen) atoms. The zero-order valence-electron chi connectivity index (χ0n) is 14.4. The number of benzene rings is 1. The molecule has 0 atom stereocenters. The highest BCUT2D eigenvalue weighted by Gasteiger charge is 2.25. The fraction of sp³-hybridized carbons (Fsp3) is 0.278. The summed E-state index contributed by atoms with van der Waals surface area (Å²) in [7, 11) is 5.28. The lowest BCUT2D eigenvalue weighted by Crippen LogP contribution is -2.33. The van der Waals surface area contributed by atoms with Gasteiger partial charge in [0, 0.05) is 38.2 Å². The highest BCUT2D eigenvalue weighted by molar-refractivity contribution is 6.03. The van der Waals surface area contributed by atoms with Gasteiger partial charge in [-0.15, -0.1) is 0 Å². The van der Waals surface area contributed by atoms with E-state index in [1.807, 2.05) is 31.1 Å². The number of rotatable bonds is 3. The predicted octanol–water partition coefficient (Wildman–Crippen LogP) is 2.53. The first-order valence-electron chi connectivity index (χ1n) is 7.91. The van der Waals surface area contributed by atoms with E-state index >= 15 is 0 Å². The summed E-state index contributed by atoms with van der Waals surface area (Å²) < 4.78 is 4.67. The molecule has 0 aliphatic carbocycles. The maximum Gasteiger partial charge on any atom is 0.339 e. The van der Waals surface area contributed by atoms with Crippen molar-refractivity contribution in [2.75, 3.05) is 42.9 Å². The lowest BCUT2D eigenvalue weighted by molar-refractivity contribution is 0.0600. The molecule has 2 aromatic rings. The normalized spacial score (nSPS) is 12.5. The third kappa shape index (κ3) is 3.40. The summed E-state index contributed by atoms with van der Waals surface area (Å²) in [4.78, 5) is 31.9. The molecule has 0 bridgehead atoms. The average molecular weight is 340 g/mol. The summed E-state index contributed by atoms with van der Waals surface area (Å²) in [6, 6.07) is 7.34. The molecular weight excluding hydrogens is 320 g/mol. The van der Waals surface area contributed by atoms with Gasteiger partial charge in [0.1, 0.15) is 0 Å². The van der Waals surface area contributed by atoms with Crippen LogP contribution >= 0.6 is 0 Å². The molecule has 1 aromatic heterocycles. The highest BCUT2D eigenvalue weighted by atomic mass is 16.5. The number of nitrogens with zero attached hydrogens (tertiary/aromatic N) is 3. The topological polar surface area (TPSA) is 74.8 Å². The third-order valence-corrected chi connectivity index (χ3v) is 4.13. The van der Waals surface area contributed by atoms with E-state index in [1.165, 1.54) is 19.5 Å². The van der Waals surface area contributed by atoms with Crippen LogP contribution in [0.25, 0.3) is 0 Å². The molecule has 1 N–H and O–H groups in total. The van der Waals surface area contributed by atoms with Crippen molar-refractivity contribution in [2.45, 2.75) is 6.42 Å². The van der Waals surface area contributed by atoms with Crippen LogP contribution in [-0.4, -0.2) is 44.7 Å². The fourth-order valence-electron chi connectivity index (χ4n) is 2.81. The molecule has 0 unspecified atom stereocenters.